The van der Waals surface area contributed by atoms with Crippen molar-refractivity contribution < 1.29 is 17.9 Å². The number of likely N-dealkylation sites (N-methyl/N-ethyl adjacent to an activating group) is 1. The van der Waals surface area contributed by atoms with Crippen LogP contribution in [0.2, 0.25) is 0 Å². The molecule has 0 N–H and O–H groups in total. The molecule has 0 saturated carbocycles. The molecule has 3 heterocycles. The van der Waals surface area contributed by atoms with E-state index in [1.54, 1.807) is 22.5 Å². The second-order valence-electron chi connectivity index (χ2n) is 6.41. The lowest BCUT2D eigenvalue weighted by atomic mass is 9.97. The summed E-state index contributed by atoms with van der Waals surface area (Å²) in [5.41, 5.74) is 0. The summed E-state index contributed by atoms with van der Waals surface area (Å²) in [7, 11) is 1.47. The highest BCUT2D eigenvalue weighted by molar-refractivity contribution is 7.89. The minimum atomic E-state index is -3.61. The van der Waals surface area contributed by atoms with E-state index in [1.807, 2.05) is 0 Å². The Balaban J connectivity index is 2.02. The molecular formula is C16H24N2O4S. The standard InChI is InChI=1S/C16H24N2O4S/c1-17-9-12-4-5-13(11-17)18(10-12)23(19,20)16-8-14(21-2)6-7-15(16)22-3/h6-8,12-13H,4-5,9-11H2,1-3H3/t12-,13+/m0/s1. The highest BCUT2D eigenvalue weighted by atomic mass is 32.2. The molecule has 0 amide bonds. The molecule has 3 saturated heterocycles. The number of ether oxygens (including phenoxy) is 2. The Morgan fingerprint density at radius 2 is 1.87 bits per heavy atom. The van der Waals surface area contributed by atoms with E-state index >= 15 is 0 Å². The lowest BCUT2D eigenvalue weighted by Crippen LogP contribution is -2.47. The molecule has 1 aromatic rings. The quantitative estimate of drug-likeness (QED) is 0.830. The lowest BCUT2D eigenvalue weighted by molar-refractivity contribution is 0.228. The Hall–Kier alpha value is -1.31. The van der Waals surface area contributed by atoms with Crippen molar-refractivity contribution in [3.63, 3.8) is 0 Å². The van der Waals surface area contributed by atoms with Crippen LogP contribution in [0.1, 0.15) is 12.8 Å². The van der Waals surface area contributed by atoms with Crippen molar-refractivity contribution in [3.05, 3.63) is 18.2 Å². The summed E-state index contributed by atoms with van der Waals surface area (Å²) < 4.78 is 38.7. The van der Waals surface area contributed by atoms with Crippen LogP contribution in [0.15, 0.2) is 23.1 Å². The molecule has 0 aliphatic carbocycles. The molecule has 7 heteroatoms. The Morgan fingerprint density at radius 3 is 2.57 bits per heavy atom. The first-order valence-corrected chi connectivity index (χ1v) is 9.32. The third-order valence-corrected chi connectivity index (χ3v) is 6.74. The van der Waals surface area contributed by atoms with Crippen molar-refractivity contribution >= 4 is 10.0 Å². The van der Waals surface area contributed by atoms with Gasteiger partial charge in [0.1, 0.15) is 16.4 Å². The summed E-state index contributed by atoms with van der Waals surface area (Å²) >= 11 is 0. The van der Waals surface area contributed by atoms with Gasteiger partial charge in [-0.2, -0.15) is 4.31 Å². The number of methoxy groups -OCH3 is 2. The summed E-state index contributed by atoms with van der Waals surface area (Å²) in [4.78, 5) is 2.43. The third kappa shape index (κ3) is 3.05. The molecule has 23 heavy (non-hydrogen) atoms. The Labute approximate surface area is 138 Å². The molecule has 6 nitrogen and oxygen atoms in total. The molecule has 4 rings (SSSR count). The molecule has 0 radical (unpaired) electrons. The summed E-state index contributed by atoms with van der Waals surface area (Å²) in [6, 6.07) is 4.93. The molecule has 2 atom stereocenters. The van der Waals surface area contributed by atoms with Gasteiger partial charge >= 0.3 is 0 Å². The molecule has 3 aliphatic rings. The summed E-state index contributed by atoms with van der Waals surface area (Å²) in [5.74, 6) is 1.27. The van der Waals surface area contributed by atoms with Crippen LogP contribution in [0.4, 0.5) is 0 Å². The first-order valence-electron chi connectivity index (χ1n) is 7.88. The Morgan fingerprint density at radius 1 is 1.09 bits per heavy atom. The van der Waals surface area contributed by atoms with Gasteiger partial charge in [0.2, 0.25) is 10.0 Å². The van der Waals surface area contributed by atoms with E-state index in [0.29, 0.717) is 24.0 Å². The molecule has 0 spiro atoms. The number of sulfonamides is 1. The van der Waals surface area contributed by atoms with Crippen LogP contribution in [0.5, 0.6) is 11.5 Å². The zero-order valence-electron chi connectivity index (χ0n) is 13.9. The molecule has 128 valence electrons. The zero-order chi connectivity index (χ0) is 16.6. The SMILES string of the molecule is COc1ccc(OC)c(S(=O)(=O)N2C[C@H]3CC[C@@H]2CN(C)C3)c1. The number of nitrogens with zero attached hydrogens (tertiary/aromatic N) is 2. The number of hydrogen-bond donors (Lipinski definition) is 0. The number of fused-ring (bicyclic) bond motifs is 4. The van der Waals surface area contributed by atoms with Gasteiger partial charge in [0.25, 0.3) is 0 Å². The number of benzene rings is 1. The van der Waals surface area contributed by atoms with E-state index in [9.17, 15) is 8.42 Å². The summed E-state index contributed by atoms with van der Waals surface area (Å²) in [5, 5.41) is 0. The Kier molecular flexibility index (Phi) is 4.53. The second-order valence-corrected chi connectivity index (χ2v) is 8.27. The van der Waals surface area contributed by atoms with Gasteiger partial charge in [-0.05, 0) is 37.9 Å². The van der Waals surface area contributed by atoms with Gasteiger partial charge in [-0.15, -0.1) is 0 Å². The number of hydrogen-bond acceptors (Lipinski definition) is 5. The minimum Gasteiger partial charge on any atom is -0.497 e. The van der Waals surface area contributed by atoms with E-state index in [1.165, 1.54) is 14.2 Å². The highest BCUT2D eigenvalue weighted by Crippen LogP contribution is 2.36. The largest absolute Gasteiger partial charge is 0.497 e. The normalized spacial score (nSPS) is 26.0. The fourth-order valence-corrected chi connectivity index (χ4v) is 5.57. The maximum absolute atomic E-state index is 13.3. The van der Waals surface area contributed by atoms with Gasteiger partial charge in [-0.25, -0.2) is 8.42 Å². The van der Waals surface area contributed by atoms with E-state index in [4.69, 9.17) is 9.47 Å². The third-order valence-electron chi connectivity index (χ3n) is 4.80. The number of rotatable bonds is 4. The molecule has 0 unspecified atom stereocenters. The first kappa shape index (κ1) is 16.5. The van der Waals surface area contributed by atoms with E-state index < -0.39 is 10.0 Å². The number of piperidine rings is 1. The van der Waals surface area contributed by atoms with E-state index in [-0.39, 0.29) is 10.9 Å². The molecule has 0 aromatic heterocycles. The first-order chi connectivity index (χ1) is 11.0. The zero-order valence-corrected chi connectivity index (χ0v) is 14.7. The van der Waals surface area contributed by atoms with Gasteiger partial charge in [0.05, 0.1) is 14.2 Å². The van der Waals surface area contributed by atoms with Crippen LogP contribution in [0.25, 0.3) is 0 Å². The highest BCUT2D eigenvalue weighted by Gasteiger charge is 2.41. The molecule has 1 aromatic carbocycles. The van der Waals surface area contributed by atoms with Crippen molar-refractivity contribution in [2.75, 3.05) is 40.9 Å². The topological polar surface area (TPSA) is 59.1 Å². The average Bonchev–Trinajstić information content (AvgIpc) is 2.83. The predicted molar refractivity (Wildman–Crippen MR) is 87.4 cm³/mol. The average molecular weight is 340 g/mol. The van der Waals surface area contributed by atoms with Gasteiger partial charge in [0.15, 0.2) is 0 Å². The second kappa shape index (κ2) is 6.30. The minimum absolute atomic E-state index is 0.0275. The van der Waals surface area contributed by atoms with Crippen LogP contribution in [-0.4, -0.2) is 64.6 Å². The summed E-state index contributed by atoms with van der Waals surface area (Å²) in [6.07, 6.45) is 2.01. The van der Waals surface area contributed by atoms with Crippen molar-refractivity contribution in [1.29, 1.82) is 0 Å². The maximum atomic E-state index is 13.3. The van der Waals surface area contributed by atoms with Crippen molar-refractivity contribution in [2.45, 2.75) is 23.8 Å². The monoisotopic (exact) mass is 340 g/mol. The van der Waals surface area contributed by atoms with Gasteiger partial charge < -0.3 is 14.4 Å². The van der Waals surface area contributed by atoms with Crippen molar-refractivity contribution in [1.82, 2.24) is 9.21 Å². The van der Waals surface area contributed by atoms with Gasteiger partial charge in [0, 0.05) is 31.7 Å². The van der Waals surface area contributed by atoms with Crippen LogP contribution in [0.3, 0.4) is 0 Å². The predicted octanol–water partition coefficient (Wildman–Crippen LogP) is 1.42. The van der Waals surface area contributed by atoms with Crippen LogP contribution >= 0.6 is 0 Å². The van der Waals surface area contributed by atoms with Crippen LogP contribution in [-0.2, 0) is 10.0 Å². The van der Waals surface area contributed by atoms with Crippen molar-refractivity contribution in [3.8, 4) is 11.5 Å². The molecule has 2 bridgehead atoms. The van der Waals surface area contributed by atoms with E-state index in [2.05, 4.69) is 11.9 Å². The smallest absolute Gasteiger partial charge is 0.247 e. The van der Waals surface area contributed by atoms with Gasteiger partial charge in [-0.3, -0.25) is 0 Å². The fourth-order valence-electron chi connectivity index (χ4n) is 3.68. The summed E-state index contributed by atoms with van der Waals surface area (Å²) in [6.45, 7) is 2.32. The maximum Gasteiger partial charge on any atom is 0.247 e. The van der Waals surface area contributed by atoms with Gasteiger partial charge in [-0.1, -0.05) is 0 Å². The molecule has 3 aliphatic heterocycles. The molecular weight excluding hydrogens is 316 g/mol. The fraction of sp³-hybridized carbons (Fsp3) is 0.625. The van der Waals surface area contributed by atoms with Crippen LogP contribution in [0, 0.1) is 5.92 Å². The van der Waals surface area contributed by atoms with E-state index in [0.717, 1.165) is 25.9 Å². The van der Waals surface area contributed by atoms with Crippen LogP contribution < -0.4 is 9.47 Å². The Bertz CT molecular complexity index is 677. The molecule has 3 fully saturated rings. The lowest BCUT2D eigenvalue weighted by Gasteiger charge is -2.35. The van der Waals surface area contributed by atoms with Crippen molar-refractivity contribution in [2.24, 2.45) is 5.92 Å².